The van der Waals surface area contributed by atoms with Crippen LogP contribution in [0, 0.1) is 17.6 Å². The van der Waals surface area contributed by atoms with Gasteiger partial charge in [-0.1, -0.05) is 6.92 Å². The maximum Gasteiger partial charge on any atom is 0.238 e. The first-order valence-corrected chi connectivity index (χ1v) is 6.52. The third-order valence-electron chi connectivity index (χ3n) is 3.45. The second-order valence-electron chi connectivity index (χ2n) is 5.14. The molecule has 3 nitrogen and oxygen atoms in total. The lowest BCUT2D eigenvalue weighted by molar-refractivity contribution is -0.117. The zero-order valence-electron chi connectivity index (χ0n) is 11.0. The van der Waals surface area contributed by atoms with Crippen LogP contribution in [0.25, 0.3) is 0 Å². The Hall–Kier alpha value is -1.49. The maximum atomic E-state index is 13.0. The fraction of sp³-hybridized carbons (Fsp3) is 0.500. The number of carbonyl (C=O) groups excluding carboxylic acids is 1. The van der Waals surface area contributed by atoms with Crippen LogP contribution in [0.5, 0.6) is 0 Å². The van der Waals surface area contributed by atoms with Crippen molar-refractivity contribution in [1.82, 2.24) is 4.90 Å². The molecule has 104 valence electrons. The fourth-order valence-electron chi connectivity index (χ4n) is 2.20. The summed E-state index contributed by atoms with van der Waals surface area (Å²) in [5.41, 5.74) is 0.286. The molecule has 0 aromatic heterocycles. The topological polar surface area (TPSA) is 32.3 Å². The van der Waals surface area contributed by atoms with Crippen molar-refractivity contribution < 1.29 is 13.6 Å². The molecule has 5 heteroatoms. The molecule has 1 heterocycles. The number of likely N-dealkylation sites (tertiary alicyclic amines) is 1. The molecular formula is C14H18F2N2O. The minimum absolute atomic E-state index is 0.194. The molecule has 19 heavy (non-hydrogen) atoms. The molecule has 0 saturated carbocycles. The van der Waals surface area contributed by atoms with Crippen molar-refractivity contribution in [2.24, 2.45) is 5.92 Å². The van der Waals surface area contributed by atoms with Gasteiger partial charge in [0.05, 0.1) is 6.54 Å². The Morgan fingerprint density at radius 2 is 2.00 bits per heavy atom. The third-order valence-corrected chi connectivity index (χ3v) is 3.45. The Morgan fingerprint density at radius 3 is 2.63 bits per heavy atom. The van der Waals surface area contributed by atoms with E-state index in [2.05, 4.69) is 17.1 Å². The van der Waals surface area contributed by atoms with Gasteiger partial charge in [0.15, 0.2) is 11.6 Å². The first-order valence-electron chi connectivity index (χ1n) is 6.52. The lowest BCUT2D eigenvalue weighted by Gasteiger charge is -2.29. The van der Waals surface area contributed by atoms with Gasteiger partial charge in [0.1, 0.15) is 0 Å². The summed E-state index contributed by atoms with van der Waals surface area (Å²) in [4.78, 5) is 13.9. The molecule has 0 bridgehead atoms. The lowest BCUT2D eigenvalue weighted by Crippen LogP contribution is -2.38. The fourth-order valence-corrected chi connectivity index (χ4v) is 2.20. The molecule has 1 fully saturated rings. The van der Waals surface area contributed by atoms with Gasteiger partial charge in [0.2, 0.25) is 5.91 Å². The highest BCUT2D eigenvalue weighted by Crippen LogP contribution is 2.16. The highest BCUT2D eigenvalue weighted by atomic mass is 19.2. The summed E-state index contributed by atoms with van der Waals surface area (Å²) in [6.45, 7) is 4.32. The molecule has 0 aliphatic carbocycles. The number of benzene rings is 1. The van der Waals surface area contributed by atoms with Crippen molar-refractivity contribution >= 4 is 11.6 Å². The minimum Gasteiger partial charge on any atom is -0.325 e. The normalized spacial score (nSPS) is 17.4. The van der Waals surface area contributed by atoms with Crippen LogP contribution in [0.3, 0.4) is 0 Å². The van der Waals surface area contributed by atoms with Crippen LogP contribution in [0.2, 0.25) is 0 Å². The SMILES string of the molecule is CC1CCN(CC(=O)Nc2ccc(F)c(F)c2)CC1. The Labute approximate surface area is 111 Å². The largest absolute Gasteiger partial charge is 0.325 e. The number of anilines is 1. The molecule has 1 aromatic rings. The van der Waals surface area contributed by atoms with Crippen molar-refractivity contribution in [1.29, 1.82) is 0 Å². The van der Waals surface area contributed by atoms with Crippen LogP contribution < -0.4 is 5.32 Å². The summed E-state index contributed by atoms with van der Waals surface area (Å²) < 4.78 is 25.7. The first kappa shape index (κ1) is 13.9. The van der Waals surface area contributed by atoms with E-state index in [0.717, 1.165) is 38.1 Å². The highest BCUT2D eigenvalue weighted by molar-refractivity contribution is 5.92. The quantitative estimate of drug-likeness (QED) is 0.914. The number of nitrogens with zero attached hydrogens (tertiary/aromatic N) is 1. The standard InChI is InChI=1S/C14H18F2N2O/c1-10-4-6-18(7-5-10)9-14(19)17-11-2-3-12(15)13(16)8-11/h2-3,8,10H,4-7,9H2,1H3,(H,17,19). The minimum atomic E-state index is -0.954. The highest BCUT2D eigenvalue weighted by Gasteiger charge is 2.18. The van der Waals surface area contributed by atoms with E-state index in [0.29, 0.717) is 12.5 Å². The summed E-state index contributed by atoms with van der Waals surface area (Å²) in [6, 6.07) is 3.35. The van der Waals surface area contributed by atoms with Crippen LogP contribution in [0.1, 0.15) is 19.8 Å². The van der Waals surface area contributed by atoms with E-state index in [4.69, 9.17) is 0 Å². The van der Waals surface area contributed by atoms with Crippen molar-refractivity contribution in [3.8, 4) is 0 Å². The maximum absolute atomic E-state index is 13.0. The van der Waals surface area contributed by atoms with E-state index < -0.39 is 11.6 Å². The number of nitrogens with one attached hydrogen (secondary N) is 1. The number of halogens is 2. The summed E-state index contributed by atoms with van der Waals surface area (Å²) in [6.07, 6.45) is 2.19. The smallest absolute Gasteiger partial charge is 0.238 e. The molecule has 0 atom stereocenters. The molecule has 1 aromatic carbocycles. The van der Waals surface area contributed by atoms with Gasteiger partial charge in [0.25, 0.3) is 0 Å². The monoisotopic (exact) mass is 268 g/mol. The molecule has 0 radical (unpaired) electrons. The van der Waals surface area contributed by atoms with Gasteiger partial charge < -0.3 is 5.32 Å². The van der Waals surface area contributed by atoms with Crippen LogP contribution in [0.4, 0.5) is 14.5 Å². The number of carbonyl (C=O) groups is 1. The van der Waals surface area contributed by atoms with E-state index in [1.165, 1.54) is 6.07 Å². The van der Waals surface area contributed by atoms with Crippen molar-refractivity contribution in [2.45, 2.75) is 19.8 Å². The molecule has 1 saturated heterocycles. The van der Waals surface area contributed by atoms with Gasteiger partial charge in [-0.2, -0.15) is 0 Å². The van der Waals surface area contributed by atoms with Crippen LogP contribution in [-0.2, 0) is 4.79 Å². The van der Waals surface area contributed by atoms with E-state index in [9.17, 15) is 13.6 Å². The average molecular weight is 268 g/mol. The Kier molecular flexibility index (Phi) is 4.47. The van der Waals surface area contributed by atoms with Crippen LogP contribution in [-0.4, -0.2) is 30.4 Å². The molecule has 1 N–H and O–H groups in total. The molecule has 1 aliphatic rings. The van der Waals surface area contributed by atoms with Gasteiger partial charge in [0, 0.05) is 11.8 Å². The van der Waals surface area contributed by atoms with E-state index in [1.54, 1.807) is 0 Å². The molecule has 0 spiro atoms. The number of piperidine rings is 1. The lowest BCUT2D eigenvalue weighted by atomic mass is 9.99. The van der Waals surface area contributed by atoms with Gasteiger partial charge >= 0.3 is 0 Å². The summed E-state index contributed by atoms with van der Waals surface area (Å²) >= 11 is 0. The van der Waals surface area contributed by atoms with Crippen LogP contribution >= 0.6 is 0 Å². The Morgan fingerprint density at radius 1 is 1.32 bits per heavy atom. The predicted molar refractivity (Wildman–Crippen MR) is 69.8 cm³/mol. The van der Waals surface area contributed by atoms with Crippen LogP contribution in [0.15, 0.2) is 18.2 Å². The summed E-state index contributed by atoms with van der Waals surface area (Å²) in [5.74, 6) is -1.35. The molecule has 2 rings (SSSR count). The van der Waals surface area contributed by atoms with Gasteiger partial charge in [-0.3, -0.25) is 9.69 Å². The van der Waals surface area contributed by atoms with Crippen molar-refractivity contribution in [3.05, 3.63) is 29.8 Å². The van der Waals surface area contributed by atoms with E-state index in [-0.39, 0.29) is 11.6 Å². The average Bonchev–Trinajstić information content (AvgIpc) is 2.37. The van der Waals surface area contributed by atoms with Gasteiger partial charge in [-0.15, -0.1) is 0 Å². The molecule has 0 unspecified atom stereocenters. The second-order valence-corrected chi connectivity index (χ2v) is 5.14. The number of hydrogen-bond acceptors (Lipinski definition) is 2. The predicted octanol–water partition coefficient (Wildman–Crippen LogP) is 2.64. The van der Waals surface area contributed by atoms with Crippen molar-refractivity contribution in [2.75, 3.05) is 25.0 Å². The van der Waals surface area contributed by atoms with Crippen molar-refractivity contribution in [3.63, 3.8) is 0 Å². The number of rotatable bonds is 3. The number of hydrogen-bond donors (Lipinski definition) is 1. The van der Waals surface area contributed by atoms with Gasteiger partial charge in [-0.25, -0.2) is 8.78 Å². The second kappa shape index (κ2) is 6.10. The summed E-state index contributed by atoms with van der Waals surface area (Å²) in [5, 5.41) is 2.58. The summed E-state index contributed by atoms with van der Waals surface area (Å²) in [7, 11) is 0. The zero-order chi connectivity index (χ0) is 13.8. The molecular weight excluding hydrogens is 250 g/mol. The van der Waals surface area contributed by atoms with E-state index in [1.807, 2.05) is 0 Å². The number of amides is 1. The first-order chi connectivity index (χ1) is 9.04. The Balaban J connectivity index is 1.85. The zero-order valence-corrected chi connectivity index (χ0v) is 11.0. The molecule has 1 aliphatic heterocycles. The van der Waals surface area contributed by atoms with E-state index >= 15 is 0 Å². The molecule has 1 amide bonds. The van der Waals surface area contributed by atoms with Gasteiger partial charge in [-0.05, 0) is 44.0 Å². The third kappa shape index (κ3) is 3.99. The Bertz CT molecular complexity index is 457.